The van der Waals surface area contributed by atoms with Crippen LogP contribution in [0.3, 0.4) is 0 Å². The Bertz CT molecular complexity index is 657. The Morgan fingerprint density at radius 3 is 2.90 bits per heavy atom. The number of ether oxygens (including phenoxy) is 1. The molecule has 6 heteroatoms. The van der Waals surface area contributed by atoms with Crippen molar-refractivity contribution in [3.8, 4) is 0 Å². The molecule has 1 aromatic carbocycles. The van der Waals surface area contributed by atoms with Gasteiger partial charge in [0.25, 0.3) is 0 Å². The average molecular weight is 290 g/mol. The van der Waals surface area contributed by atoms with Gasteiger partial charge in [0.1, 0.15) is 5.82 Å². The van der Waals surface area contributed by atoms with Crippen LogP contribution in [-0.4, -0.2) is 29.4 Å². The van der Waals surface area contributed by atoms with Crippen LogP contribution in [0.2, 0.25) is 0 Å². The third-order valence-corrected chi connectivity index (χ3v) is 3.06. The number of benzene rings is 1. The van der Waals surface area contributed by atoms with E-state index in [1.54, 1.807) is 19.2 Å². The van der Waals surface area contributed by atoms with Gasteiger partial charge in [-0.15, -0.1) is 0 Å². The summed E-state index contributed by atoms with van der Waals surface area (Å²) in [6.45, 7) is 2.49. The topological polar surface area (TPSA) is 73.4 Å². The van der Waals surface area contributed by atoms with Crippen LogP contribution in [-0.2, 0) is 4.74 Å². The fourth-order valence-corrected chi connectivity index (χ4v) is 2.08. The molecular formula is C15H19FN4O. The molecule has 0 fully saturated rings. The highest BCUT2D eigenvalue weighted by molar-refractivity contribution is 5.94. The second kappa shape index (κ2) is 7.08. The van der Waals surface area contributed by atoms with Crippen molar-refractivity contribution < 1.29 is 9.13 Å². The van der Waals surface area contributed by atoms with Gasteiger partial charge in [-0.1, -0.05) is 19.4 Å². The molecule has 0 saturated carbocycles. The Kier molecular flexibility index (Phi) is 5.16. The number of aliphatic imine (C=N–C) groups is 1. The fraction of sp³-hybridized carbons (Fsp3) is 0.400. The van der Waals surface area contributed by atoms with Crippen molar-refractivity contribution in [2.45, 2.75) is 26.2 Å². The van der Waals surface area contributed by atoms with E-state index in [0.717, 1.165) is 25.0 Å². The Hall–Kier alpha value is -2.08. The minimum absolute atomic E-state index is 0.0825. The summed E-state index contributed by atoms with van der Waals surface area (Å²) in [4.78, 5) is 12.6. The van der Waals surface area contributed by atoms with Gasteiger partial charge < -0.3 is 10.5 Å². The lowest BCUT2D eigenvalue weighted by Crippen LogP contribution is -2.07. The van der Waals surface area contributed by atoms with E-state index in [0.29, 0.717) is 12.1 Å². The van der Waals surface area contributed by atoms with E-state index in [1.165, 1.54) is 6.07 Å². The van der Waals surface area contributed by atoms with Crippen LogP contribution >= 0.6 is 0 Å². The first-order chi connectivity index (χ1) is 10.2. The van der Waals surface area contributed by atoms with E-state index in [1.807, 2.05) is 0 Å². The second-order valence-corrected chi connectivity index (χ2v) is 4.75. The molecule has 0 saturated heterocycles. The lowest BCUT2D eigenvalue weighted by atomic mass is 10.2. The van der Waals surface area contributed by atoms with Crippen LogP contribution in [0.25, 0.3) is 10.9 Å². The molecule has 21 heavy (non-hydrogen) atoms. The summed E-state index contributed by atoms with van der Waals surface area (Å²) in [6, 6.07) is 4.64. The number of methoxy groups -OCH3 is 1. The third kappa shape index (κ3) is 3.72. The molecule has 0 atom stereocenters. The maximum absolute atomic E-state index is 14.0. The van der Waals surface area contributed by atoms with Crippen molar-refractivity contribution in [1.29, 1.82) is 0 Å². The number of rotatable bonds is 6. The van der Waals surface area contributed by atoms with E-state index in [2.05, 4.69) is 21.9 Å². The van der Waals surface area contributed by atoms with Gasteiger partial charge in [0, 0.05) is 12.8 Å². The standard InChI is InChI=1S/C15H19FN4O/c1-3-4-6-10(9-21-2)18-14-13-11(16)7-5-8-12(13)19-15(17)20-14/h5,7-8H,3-4,6,9H2,1-2H3,(H2,17,19,20)/b18-10+. The Labute approximate surface area is 123 Å². The summed E-state index contributed by atoms with van der Waals surface area (Å²) in [6.07, 6.45) is 2.82. The molecule has 1 aromatic heterocycles. The average Bonchev–Trinajstić information content (AvgIpc) is 2.44. The maximum atomic E-state index is 14.0. The highest BCUT2D eigenvalue weighted by Gasteiger charge is 2.11. The van der Waals surface area contributed by atoms with Gasteiger partial charge in [-0.05, 0) is 25.0 Å². The number of anilines is 1. The molecule has 1 heterocycles. The molecule has 0 aliphatic rings. The van der Waals surface area contributed by atoms with Gasteiger partial charge >= 0.3 is 0 Å². The molecule has 0 aliphatic carbocycles. The number of nitrogens with zero attached hydrogens (tertiary/aromatic N) is 3. The molecule has 0 bridgehead atoms. The van der Waals surface area contributed by atoms with Gasteiger partial charge in [-0.2, -0.15) is 4.98 Å². The predicted octanol–water partition coefficient (Wildman–Crippen LogP) is 3.26. The lowest BCUT2D eigenvalue weighted by molar-refractivity contribution is 0.243. The summed E-state index contributed by atoms with van der Waals surface area (Å²) < 4.78 is 19.2. The summed E-state index contributed by atoms with van der Waals surface area (Å²) in [7, 11) is 1.61. The molecule has 0 spiro atoms. The highest BCUT2D eigenvalue weighted by Crippen LogP contribution is 2.26. The fourth-order valence-electron chi connectivity index (χ4n) is 2.08. The number of nitrogens with two attached hydrogens (primary N) is 1. The van der Waals surface area contributed by atoms with Gasteiger partial charge in [-0.25, -0.2) is 14.4 Å². The van der Waals surface area contributed by atoms with Crippen molar-refractivity contribution in [3.05, 3.63) is 24.0 Å². The van der Waals surface area contributed by atoms with Crippen molar-refractivity contribution in [2.75, 3.05) is 19.5 Å². The number of nitrogen functional groups attached to an aromatic ring is 1. The number of halogens is 1. The minimum Gasteiger partial charge on any atom is -0.379 e. The van der Waals surface area contributed by atoms with Crippen molar-refractivity contribution in [2.24, 2.45) is 4.99 Å². The second-order valence-electron chi connectivity index (χ2n) is 4.75. The number of unbranched alkanes of at least 4 members (excludes halogenated alkanes) is 1. The largest absolute Gasteiger partial charge is 0.379 e. The van der Waals surface area contributed by atoms with Crippen LogP contribution in [0.15, 0.2) is 23.2 Å². The molecular weight excluding hydrogens is 271 g/mol. The molecule has 2 N–H and O–H groups in total. The Balaban J connectivity index is 2.52. The third-order valence-electron chi connectivity index (χ3n) is 3.06. The highest BCUT2D eigenvalue weighted by atomic mass is 19.1. The predicted molar refractivity (Wildman–Crippen MR) is 82.4 cm³/mol. The SMILES string of the molecule is CCCC/C(COC)=N\c1nc(N)nc2cccc(F)c12. The molecule has 0 amide bonds. The molecule has 2 aromatic rings. The summed E-state index contributed by atoms with van der Waals surface area (Å²) in [5.41, 5.74) is 6.95. The molecule has 2 rings (SSSR count). The zero-order valence-electron chi connectivity index (χ0n) is 12.3. The summed E-state index contributed by atoms with van der Waals surface area (Å²) in [5.74, 6) is -0.0589. The molecule has 0 aliphatic heterocycles. The monoisotopic (exact) mass is 290 g/mol. The van der Waals surface area contributed by atoms with E-state index in [9.17, 15) is 4.39 Å². The first kappa shape index (κ1) is 15.3. The number of aromatic nitrogens is 2. The Morgan fingerprint density at radius 1 is 1.38 bits per heavy atom. The normalized spacial score (nSPS) is 12.0. The van der Waals surface area contributed by atoms with E-state index < -0.39 is 5.82 Å². The van der Waals surface area contributed by atoms with E-state index in [-0.39, 0.29) is 17.2 Å². The summed E-state index contributed by atoms with van der Waals surface area (Å²) >= 11 is 0. The zero-order valence-corrected chi connectivity index (χ0v) is 12.3. The number of hydrogen-bond acceptors (Lipinski definition) is 5. The number of fused-ring (bicyclic) bond motifs is 1. The van der Waals surface area contributed by atoms with Crippen LogP contribution in [0.5, 0.6) is 0 Å². The number of hydrogen-bond donors (Lipinski definition) is 1. The van der Waals surface area contributed by atoms with Gasteiger partial charge in [0.2, 0.25) is 5.95 Å². The lowest BCUT2D eigenvalue weighted by Gasteiger charge is -2.07. The minimum atomic E-state index is -0.404. The van der Waals surface area contributed by atoms with Crippen molar-refractivity contribution in [1.82, 2.24) is 9.97 Å². The van der Waals surface area contributed by atoms with Gasteiger partial charge in [0.15, 0.2) is 5.82 Å². The smallest absolute Gasteiger partial charge is 0.222 e. The maximum Gasteiger partial charge on any atom is 0.222 e. The molecule has 0 radical (unpaired) electrons. The van der Waals surface area contributed by atoms with Crippen molar-refractivity contribution in [3.63, 3.8) is 0 Å². The quantitative estimate of drug-likeness (QED) is 0.829. The zero-order chi connectivity index (χ0) is 15.2. The summed E-state index contributed by atoms with van der Waals surface area (Å²) in [5, 5.41) is 0.289. The first-order valence-electron chi connectivity index (χ1n) is 6.92. The van der Waals surface area contributed by atoms with Gasteiger partial charge in [0.05, 0.1) is 17.5 Å². The molecule has 0 unspecified atom stereocenters. The first-order valence-corrected chi connectivity index (χ1v) is 6.92. The van der Waals surface area contributed by atoms with E-state index >= 15 is 0 Å². The van der Waals surface area contributed by atoms with Crippen molar-refractivity contribution >= 4 is 28.4 Å². The van der Waals surface area contributed by atoms with Crippen LogP contribution in [0.4, 0.5) is 16.2 Å². The molecule has 5 nitrogen and oxygen atoms in total. The van der Waals surface area contributed by atoms with Gasteiger partial charge in [-0.3, -0.25) is 0 Å². The van der Waals surface area contributed by atoms with Crippen LogP contribution < -0.4 is 5.73 Å². The Morgan fingerprint density at radius 2 is 2.19 bits per heavy atom. The van der Waals surface area contributed by atoms with Crippen LogP contribution in [0.1, 0.15) is 26.2 Å². The van der Waals surface area contributed by atoms with E-state index in [4.69, 9.17) is 10.5 Å². The molecule has 112 valence electrons. The van der Waals surface area contributed by atoms with Crippen LogP contribution in [0, 0.1) is 5.82 Å².